The molecule has 0 saturated carbocycles. The molecule has 2 saturated heterocycles. The lowest BCUT2D eigenvalue weighted by molar-refractivity contribution is -0.147. The Morgan fingerprint density at radius 2 is 2.00 bits per heavy atom. The van der Waals surface area contributed by atoms with E-state index in [-0.39, 0.29) is 18.4 Å². The lowest BCUT2D eigenvalue weighted by Crippen LogP contribution is -2.62. The van der Waals surface area contributed by atoms with Gasteiger partial charge in [0.2, 0.25) is 5.91 Å². The van der Waals surface area contributed by atoms with Gasteiger partial charge in [0.25, 0.3) is 5.91 Å². The van der Waals surface area contributed by atoms with Crippen LogP contribution >= 0.6 is 0 Å². The molecule has 2 aromatic rings. The minimum atomic E-state index is -0.892. The first-order valence-corrected chi connectivity index (χ1v) is 9.41. The third-order valence-corrected chi connectivity index (χ3v) is 5.93. The Kier molecular flexibility index (Phi) is 4.34. The monoisotopic (exact) mass is 368 g/mol. The van der Waals surface area contributed by atoms with Crippen molar-refractivity contribution < 1.29 is 14.7 Å². The van der Waals surface area contributed by atoms with Crippen molar-refractivity contribution in [3.05, 3.63) is 35.2 Å². The van der Waals surface area contributed by atoms with Crippen molar-refractivity contribution in [2.45, 2.75) is 39.2 Å². The van der Waals surface area contributed by atoms with Gasteiger partial charge in [-0.2, -0.15) is 0 Å². The van der Waals surface area contributed by atoms with Gasteiger partial charge in [0.05, 0.1) is 33.9 Å². The summed E-state index contributed by atoms with van der Waals surface area (Å²) in [5.41, 5.74) is 2.79. The van der Waals surface area contributed by atoms with Gasteiger partial charge in [0.15, 0.2) is 0 Å². The number of carbonyl (C=O) groups excluding carboxylic acids is 2. The molecule has 142 valence electrons. The highest BCUT2D eigenvalue weighted by Gasteiger charge is 2.50. The summed E-state index contributed by atoms with van der Waals surface area (Å²) in [6.45, 7) is 5.12. The summed E-state index contributed by atoms with van der Waals surface area (Å²) in [6, 6.07) is 5.33. The Labute approximate surface area is 157 Å². The van der Waals surface area contributed by atoms with Crippen molar-refractivity contribution in [2.24, 2.45) is 5.41 Å². The van der Waals surface area contributed by atoms with E-state index >= 15 is 0 Å². The van der Waals surface area contributed by atoms with E-state index in [1.807, 2.05) is 19.9 Å². The molecule has 7 heteroatoms. The van der Waals surface area contributed by atoms with Crippen molar-refractivity contribution >= 4 is 22.8 Å². The molecule has 2 fully saturated rings. The quantitative estimate of drug-likeness (QED) is 0.792. The fraction of sp³-hybridized carbons (Fsp3) is 0.500. The third-order valence-electron chi connectivity index (χ3n) is 5.93. The highest BCUT2D eigenvalue weighted by Crippen LogP contribution is 2.37. The molecule has 2 aliphatic rings. The zero-order chi connectivity index (χ0) is 19.2. The molecule has 0 unspecified atom stereocenters. The minimum Gasteiger partial charge on any atom is -0.392 e. The number of piperidine rings is 2. The second kappa shape index (κ2) is 6.56. The number of hydrogen-bond donors (Lipinski definition) is 2. The van der Waals surface area contributed by atoms with Gasteiger partial charge < -0.3 is 15.3 Å². The van der Waals surface area contributed by atoms with Crippen LogP contribution in [-0.4, -0.2) is 57.5 Å². The van der Waals surface area contributed by atoms with Gasteiger partial charge in [-0.25, -0.2) is 9.97 Å². The predicted molar refractivity (Wildman–Crippen MR) is 100 cm³/mol. The van der Waals surface area contributed by atoms with Gasteiger partial charge in [-0.05, 0) is 51.3 Å². The number of likely N-dealkylation sites (tertiary alicyclic amines) is 1. The number of amides is 2. The van der Waals surface area contributed by atoms with Crippen molar-refractivity contribution in [2.75, 3.05) is 19.6 Å². The van der Waals surface area contributed by atoms with E-state index in [1.54, 1.807) is 17.0 Å². The van der Waals surface area contributed by atoms with Crippen LogP contribution in [0.25, 0.3) is 11.0 Å². The number of aryl methyl sites for hydroxylation is 2. The van der Waals surface area contributed by atoms with Crippen LogP contribution in [0, 0.1) is 19.3 Å². The first-order valence-electron chi connectivity index (χ1n) is 9.41. The summed E-state index contributed by atoms with van der Waals surface area (Å²) >= 11 is 0. The summed E-state index contributed by atoms with van der Waals surface area (Å²) in [5, 5.41) is 13.4. The molecular weight excluding hydrogens is 344 g/mol. The Hall–Kier alpha value is -2.54. The third kappa shape index (κ3) is 2.96. The zero-order valence-corrected chi connectivity index (χ0v) is 15.7. The van der Waals surface area contributed by atoms with E-state index in [0.29, 0.717) is 37.0 Å². The van der Waals surface area contributed by atoms with E-state index in [1.165, 1.54) is 0 Å². The number of fused-ring (bicyclic) bond motifs is 1. The molecular formula is C20H24N4O3. The Morgan fingerprint density at radius 3 is 2.74 bits per heavy atom. The second-order valence-corrected chi connectivity index (χ2v) is 7.64. The number of aromatic nitrogens is 2. The van der Waals surface area contributed by atoms with Crippen molar-refractivity contribution in [3.63, 3.8) is 0 Å². The lowest BCUT2D eigenvalue weighted by atomic mass is 9.71. The number of nitrogens with one attached hydrogen (secondary N) is 1. The maximum atomic E-state index is 13.1. The summed E-state index contributed by atoms with van der Waals surface area (Å²) < 4.78 is 0. The molecule has 0 bridgehead atoms. The van der Waals surface area contributed by atoms with Crippen LogP contribution in [0.2, 0.25) is 0 Å². The van der Waals surface area contributed by atoms with Crippen LogP contribution in [0.4, 0.5) is 0 Å². The Bertz CT molecular complexity index is 929. The van der Waals surface area contributed by atoms with Crippen molar-refractivity contribution in [1.82, 2.24) is 20.2 Å². The normalized spacial score (nSPS) is 25.7. The van der Waals surface area contributed by atoms with E-state index in [0.717, 1.165) is 23.3 Å². The molecule has 7 nitrogen and oxygen atoms in total. The molecule has 1 spiro atoms. The molecule has 27 heavy (non-hydrogen) atoms. The zero-order valence-electron chi connectivity index (χ0n) is 15.7. The van der Waals surface area contributed by atoms with E-state index in [9.17, 15) is 14.7 Å². The molecule has 0 aliphatic carbocycles. The van der Waals surface area contributed by atoms with Crippen LogP contribution in [0.1, 0.15) is 41.0 Å². The van der Waals surface area contributed by atoms with Gasteiger partial charge >= 0.3 is 0 Å². The standard InChI is InChI=1S/C20H24N4O3/c1-12-13(2)23-16-10-14(4-5-15(16)22-12)18(26)24-9-6-17(25)20(11-24)7-3-8-21-19(20)27/h4-5,10,17,25H,3,6-9,11H2,1-2H3,(H,21,27)/t17-,20+/m0/s1. The molecule has 3 heterocycles. The summed E-state index contributed by atoms with van der Waals surface area (Å²) in [4.78, 5) is 36.3. The number of rotatable bonds is 1. The Morgan fingerprint density at radius 1 is 1.26 bits per heavy atom. The number of carbonyl (C=O) groups is 2. The number of benzene rings is 1. The first-order chi connectivity index (χ1) is 12.9. The number of aliphatic hydroxyl groups excluding tert-OH is 1. The summed E-state index contributed by atoms with van der Waals surface area (Å²) in [6.07, 6.45) is 1.11. The Balaban J connectivity index is 1.63. The molecule has 2 amide bonds. The number of aliphatic hydroxyl groups is 1. The van der Waals surface area contributed by atoms with Crippen molar-refractivity contribution in [3.8, 4) is 0 Å². The highest BCUT2D eigenvalue weighted by molar-refractivity contribution is 5.98. The lowest BCUT2D eigenvalue weighted by Gasteiger charge is -2.46. The number of nitrogens with zero attached hydrogens (tertiary/aromatic N) is 3. The van der Waals surface area contributed by atoms with Crippen LogP contribution in [0.15, 0.2) is 18.2 Å². The van der Waals surface area contributed by atoms with Crippen LogP contribution in [-0.2, 0) is 4.79 Å². The van der Waals surface area contributed by atoms with Gasteiger partial charge in [0.1, 0.15) is 0 Å². The van der Waals surface area contributed by atoms with Crippen LogP contribution < -0.4 is 5.32 Å². The minimum absolute atomic E-state index is 0.137. The highest BCUT2D eigenvalue weighted by atomic mass is 16.3. The summed E-state index contributed by atoms with van der Waals surface area (Å²) in [5.74, 6) is -0.282. The van der Waals surface area contributed by atoms with E-state index in [2.05, 4.69) is 15.3 Å². The second-order valence-electron chi connectivity index (χ2n) is 7.64. The maximum Gasteiger partial charge on any atom is 0.253 e. The van der Waals surface area contributed by atoms with Gasteiger partial charge in [0, 0.05) is 25.2 Å². The van der Waals surface area contributed by atoms with Crippen LogP contribution in [0.3, 0.4) is 0 Å². The van der Waals surface area contributed by atoms with E-state index < -0.39 is 11.5 Å². The predicted octanol–water partition coefficient (Wildman–Crippen LogP) is 1.35. The fourth-order valence-corrected chi connectivity index (χ4v) is 4.16. The van der Waals surface area contributed by atoms with Gasteiger partial charge in [-0.3, -0.25) is 9.59 Å². The molecule has 2 N–H and O–H groups in total. The number of hydrogen-bond acceptors (Lipinski definition) is 5. The molecule has 0 radical (unpaired) electrons. The average molecular weight is 368 g/mol. The van der Waals surface area contributed by atoms with E-state index in [4.69, 9.17) is 0 Å². The SMILES string of the molecule is Cc1nc2ccc(C(=O)N3CC[C@H](O)[C@@]4(CCCNC4=O)C3)cc2nc1C. The fourth-order valence-electron chi connectivity index (χ4n) is 4.16. The van der Waals surface area contributed by atoms with Crippen molar-refractivity contribution in [1.29, 1.82) is 0 Å². The molecule has 2 atom stereocenters. The van der Waals surface area contributed by atoms with Gasteiger partial charge in [-0.1, -0.05) is 0 Å². The van der Waals surface area contributed by atoms with Gasteiger partial charge in [-0.15, -0.1) is 0 Å². The maximum absolute atomic E-state index is 13.1. The largest absolute Gasteiger partial charge is 0.392 e. The molecule has 2 aliphatic heterocycles. The van der Waals surface area contributed by atoms with Crippen LogP contribution in [0.5, 0.6) is 0 Å². The summed E-state index contributed by atoms with van der Waals surface area (Å²) in [7, 11) is 0. The molecule has 1 aromatic heterocycles. The topological polar surface area (TPSA) is 95.4 Å². The molecule has 4 rings (SSSR count). The molecule has 1 aromatic carbocycles. The average Bonchev–Trinajstić information content (AvgIpc) is 2.66. The smallest absolute Gasteiger partial charge is 0.253 e. The first kappa shape index (κ1) is 17.9.